The molecule has 1 saturated heterocycles. The third-order valence-electron chi connectivity index (χ3n) is 4.53. The van der Waals surface area contributed by atoms with Crippen molar-refractivity contribution in [3.63, 3.8) is 0 Å². The molecule has 0 spiro atoms. The van der Waals surface area contributed by atoms with Gasteiger partial charge in [-0.25, -0.2) is 13.5 Å². The van der Waals surface area contributed by atoms with Gasteiger partial charge in [0.05, 0.1) is 11.0 Å². The molecule has 1 aromatic heterocycles. The number of phosphoric ester groups is 1. The molecule has 1 aliphatic heterocycles. The van der Waals surface area contributed by atoms with E-state index in [1.54, 1.807) is 0 Å². The number of hydrogen-bond donors (Lipinski definition) is 6. The molecule has 21 heteroatoms. The molecule has 1 aliphatic rings. The monoisotopic (exact) mass is 502 g/mol. The molecule has 2 rings (SSSR count). The Bertz CT molecular complexity index is 1110. The molecule has 6 N–H and O–H groups in total. The van der Waals surface area contributed by atoms with Gasteiger partial charge >= 0.3 is 15.6 Å². The number of aromatic amines is 1. The van der Waals surface area contributed by atoms with Gasteiger partial charge in [-0.15, -0.1) is 0 Å². The normalized spacial score (nSPS) is 31.3. The maximum absolute atomic E-state index is 15.8. The number of phosphoric acid groups is 2. The molecule has 2 heterocycles. The summed E-state index contributed by atoms with van der Waals surface area (Å²) in [6, 6.07) is 0. The molecule has 170 valence electrons. The van der Waals surface area contributed by atoms with Gasteiger partial charge in [0.2, 0.25) is 0 Å². The van der Waals surface area contributed by atoms with Gasteiger partial charge in [-0.1, -0.05) is 0 Å². The van der Waals surface area contributed by atoms with Crippen molar-refractivity contribution in [3.8, 4) is 0 Å². The fourth-order valence-corrected chi connectivity index (χ4v) is 5.23. The second-order valence-electron chi connectivity index (χ2n) is 7.17. The van der Waals surface area contributed by atoms with Crippen LogP contribution in [-0.2, 0) is 28.3 Å². The number of ether oxygens (including phenoxy) is 1. The fourth-order valence-electron chi connectivity index (χ4n) is 2.99. The van der Waals surface area contributed by atoms with E-state index in [1.165, 1.54) is 0 Å². The van der Waals surface area contributed by atoms with Gasteiger partial charge in [0.15, 0.2) is 18.9 Å². The molecule has 0 aliphatic carbocycles. The summed E-state index contributed by atoms with van der Waals surface area (Å²) in [6.07, 6.45) is -3.67. The summed E-state index contributed by atoms with van der Waals surface area (Å²) in [6.45, 7) is 0. The van der Waals surface area contributed by atoms with E-state index in [-0.39, 0.29) is 6.29 Å². The zero-order valence-corrected chi connectivity index (χ0v) is 18.6. The zero-order valence-electron chi connectivity index (χ0n) is 16.0. The minimum absolute atomic E-state index is 0.141. The summed E-state index contributed by atoms with van der Waals surface area (Å²) in [4.78, 5) is 51.8. The van der Waals surface area contributed by atoms with Gasteiger partial charge < -0.3 is 34.2 Å². The van der Waals surface area contributed by atoms with Crippen molar-refractivity contribution < 1.29 is 56.8 Å². The molecule has 31 heavy (non-hydrogen) atoms. The highest BCUT2D eigenvalue weighted by Gasteiger charge is 2.69. The first-order chi connectivity index (χ1) is 13.8. The van der Waals surface area contributed by atoms with Crippen molar-refractivity contribution in [2.24, 2.45) is 0 Å². The SMILES string of the molecule is BC(B)(OP(=O)(O)OP(=O)(O)O)[C@@]1(F)O[C@@](B)(n2cc(C=O)c(=O)[nH]c2=S)[C@H](O)[C@@H]1O. The number of carbonyl (C=O) groups is 1. The minimum atomic E-state index is -5.62. The van der Waals surface area contributed by atoms with Gasteiger partial charge in [0.1, 0.15) is 33.5 Å². The Labute approximate surface area is 180 Å². The summed E-state index contributed by atoms with van der Waals surface area (Å²) in [7, 11) is -8.61. The maximum Gasteiger partial charge on any atom is 0.480 e. The van der Waals surface area contributed by atoms with Gasteiger partial charge in [0.25, 0.3) is 11.4 Å². The van der Waals surface area contributed by atoms with E-state index >= 15 is 4.39 Å². The molecule has 0 amide bonds. The highest BCUT2D eigenvalue weighted by molar-refractivity contribution is 7.71. The highest BCUT2D eigenvalue weighted by Crippen LogP contribution is 2.61. The van der Waals surface area contributed by atoms with Crippen LogP contribution >= 0.6 is 27.9 Å². The molecule has 0 aromatic carbocycles. The van der Waals surface area contributed by atoms with Gasteiger partial charge in [-0.05, 0) is 12.2 Å². The van der Waals surface area contributed by atoms with Crippen molar-refractivity contribution in [3.05, 3.63) is 26.9 Å². The van der Waals surface area contributed by atoms with E-state index in [2.05, 4.69) is 13.8 Å². The lowest BCUT2D eigenvalue weighted by atomic mass is 9.59. The summed E-state index contributed by atoms with van der Waals surface area (Å²) in [5.74, 6) is -3.51. The van der Waals surface area contributed by atoms with Gasteiger partial charge in [-0.3, -0.25) is 19.1 Å². The molecular formula is C10H16B3FN2O12P2S. The van der Waals surface area contributed by atoms with Gasteiger partial charge in [0, 0.05) is 6.20 Å². The highest BCUT2D eigenvalue weighted by atomic mass is 32.1. The molecule has 1 unspecified atom stereocenters. The van der Waals surface area contributed by atoms with E-state index in [0.717, 1.165) is 34.3 Å². The third-order valence-corrected chi connectivity index (χ3v) is 7.19. The van der Waals surface area contributed by atoms with E-state index in [4.69, 9.17) is 26.7 Å². The molecule has 14 nitrogen and oxygen atoms in total. The number of alkyl halides is 1. The number of carbonyl (C=O) groups excluding carboxylic acids is 1. The first kappa shape index (κ1) is 26.3. The number of aldehydes is 1. The lowest BCUT2D eigenvalue weighted by Gasteiger charge is -2.40. The molecule has 5 atom stereocenters. The molecule has 1 fully saturated rings. The number of rotatable bonds is 7. The average molecular weight is 502 g/mol. The van der Waals surface area contributed by atoms with Crippen LogP contribution < -0.4 is 5.56 Å². The van der Waals surface area contributed by atoms with Crippen LogP contribution in [0.15, 0.2) is 11.0 Å². The van der Waals surface area contributed by atoms with E-state index in [0.29, 0.717) is 0 Å². The van der Waals surface area contributed by atoms with Crippen molar-refractivity contribution in [1.29, 1.82) is 0 Å². The first-order valence-electron chi connectivity index (χ1n) is 8.17. The third kappa shape index (κ3) is 4.87. The smallest absolute Gasteiger partial charge is 0.386 e. The second kappa shape index (κ2) is 8.11. The summed E-state index contributed by atoms with van der Waals surface area (Å²) < 4.78 is 52.2. The quantitative estimate of drug-likeness (QED) is 0.0899. The minimum Gasteiger partial charge on any atom is -0.386 e. The lowest BCUT2D eigenvalue weighted by molar-refractivity contribution is -0.239. The predicted octanol–water partition coefficient (Wildman–Crippen LogP) is -4.47. The first-order valence-corrected chi connectivity index (χ1v) is 11.6. The van der Waals surface area contributed by atoms with Crippen molar-refractivity contribution in [2.75, 3.05) is 0 Å². The fraction of sp³-hybridized carbons (Fsp3) is 0.500. The van der Waals surface area contributed by atoms with Crippen LogP contribution in [0.2, 0.25) is 0 Å². The number of hydrogen-bond acceptors (Lipinski definition) is 10. The van der Waals surface area contributed by atoms with Crippen molar-refractivity contribution >= 4 is 57.7 Å². The van der Waals surface area contributed by atoms with Crippen LogP contribution in [-0.4, -0.2) is 87.7 Å². The Kier molecular flexibility index (Phi) is 6.88. The molecule has 0 bridgehead atoms. The Hall–Kier alpha value is -0.965. The summed E-state index contributed by atoms with van der Waals surface area (Å²) in [5, 5.41) is 18.2. The summed E-state index contributed by atoms with van der Waals surface area (Å²) >= 11 is 4.94. The Morgan fingerprint density at radius 1 is 1.32 bits per heavy atom. The largest absolute Gasteiger partial charge is 0.480 e. The predicted molar refractivity (Wildman–Crippen MR) is 109 cm³/mol. The number of nitrogens with zero attached hydrogens (tertiary/aromatic N) is 1. The van der Waals surface area contributed by atoms with E-state index in [9.17, 15) is 33.8 Å². The van der Waals surface area contributed by atoms with Crippen LogP contribution in [0.1, 0.15) is 10.4 Å². The van der Waals surface area contributed by atoms with Crippen LogP contribution in [0.4, 0.5) is 4.39 Å². The number of aliphatic hydroxyl groups is 2. The van der Waals surface area contributed by atoms with E-state index in [1.807, 2.05) is 0 Å². The Morgan fingerprint density at radius 3 is 2.35 bits per heavy atom. The number of aromatic nitrogens is 2. The van der Waals surface area contributed by atoms with Crippen LogP contribution in [0.3, 0.4) is 0 Å². The Balaban J connectivity index is 2.54. The molecule has 1 aromatic rings. The number of aliphatic hydroxyl groups excluding tert-OH is 2. The van der Waals surface area contributed by atoms with Gasteiger partial charge in [-0.2, -0.15) is 4.31 Å². The van der Waals surface area contributed by atoms with Crippen LogP contribution in [0, 0.1) is 4.77 Å². The van der Waals surface area contributed by atoms with Crippen molar-refractivity contribution in [2.45, 2.75) is 29.1 Å². The molecule has 0 radical (unpaired) electrons. The Morgan fingerprint density at radius 2 is 1.87 bits per heavy atom. The lowest BCUT2D eigenvalue weighted by Crippen LogP contribution is -2.60. The van der Waals surface area contributed by atoms with Crippen molar-refractivity contribution in [1.82, 2.24) is 9.55 Å². The van der Waals surface area contributed by atoms with Crippen LogP contribution in [0.5, 0.6) is 0 Å². The number of halogens is 1. The topological polar surface area (TPSA) is 218 Å². The standard InChI is InChI=1S/C10H16B3FN2O12P2S/c11-9(16-1-3(2-17)6(20)15-7(16)31)5(19)4(18)8(14,26-9)10(12,13)27-30(24,25)28-29(21,22)23/h1-2,4-5,18-19H,11-13H2,(H,24,25)(H,15,20,31)(H2,21,22,23)/t4-,5+,8-,9-/m0/s1. The van der Waals surface area contributed by atoms with Crippen LogP contribution in [0.25, 0.3) is 0 Å². The summed E-state index contributed by atoms with van der Waals surface area (Å²) in [5.41, 5.74) is -3.67. The van der Waals surface area contributed by atoms with E-state index < -0.39 is 60.6 Å². The second-order valence-corrected chi connectivity index (χ2v) is 10.3. The molecular weight excluding hydrogens is 486 g/mol. The number of H-pyrrole nitrogens is 1. The maximum atomic E-state index is 15.8. The average Bonchev–Trinajstić information content (AvgIpc) is 2.74. The molecule has 0 saturated carbocycles. The zero-order chi connectivity index (χ0) is 24.2. The number of nitrogens with one attached hydrogen (secondary N) is 1.